The Morgan fingerprint density at radius 3 is 3.00 bits per heavy atom. The second-order valence-electron chi connectivity index (χ2n) is 4.98. The monoisotopic (exact) mass is 261 g/mol. The average Bonchev–Trinajstić information content (AvgIpc) is 3.20. The third-order valence-corrected chi connectivity index (χ3v) is 4.09. The predicted octanol–water partition coefficient (Wildman–Crippen LogP) is 2.99. The van der Waals surface area contributed by atoms with Gasteiger partial charge >= 0.3 is 0 Å². The summed E-state index contributed by atoms with van der Waals surface area (Å²) in [6.07, 6.45) is 6.20. The Balaban J connectivity index is 1.69. The zero-order valence-electron chi connectivity index (χ0n) is 10.7. The maximum absolute atomic E-state index is 9.25. The van der Waals surface area contributed by atoms with Crippen LogP contribution in [-0.2, 0) is 0 Å². The summed E-state index contributed by atoms with van der Waals surface area (Å²) < 4.78 is 0. The van der Waals surface area contributed by atoms with Crippen LogP contribution in [0.5, 0.6) is 0 Å². The minimum absolute atomic E-state index is 0.355. The lowest BCUT2D eigenvalue weighted by Gasteiger charge is -2.22. The topological polar surface area (TPSA) is 48.7 Å². The van der Waals surface area contributed by atoms with Crippen molar-refractivity contribution in [2.75, 3.05) is 5.75 Å². The lowest BCUT2D eigenvalue weighted by atomic mass is 9.98. The maximum atomic E-state index is 9.25. The van der Waals surface area contributed by atoms with E-state index in [9.17, 15) is 5.26 Å². The van der Waals surface area contributed by atoms with E-state index in [0.29, 0.717) is 6.04 Å². The highest BCUT2D eigenvalue weighted by atomic mass is 32.2. The second kappa shape index (κ2) is 6.21. The molecule has 0 aromatic carbocycles. The van der Waals surface area contributed by atoms with Crippen LogP contribution in [0.25, 0.3) is 0 Å². The van der Waals surface area contributed by atoms with Crippen LogP contribution in [0.4, 0.5) is 0 Å². The minimum atomic E-state index is -0.355. The molecule has 3 nitrogen and oxygen atoms in total. The molecule has 1 aliphatic carbocycles. The molecule has 1 aliphatic rings. The number of pyridine rings is 1. The van der Waals surface area contributed by atoms with Crippen molar-refractivity contribution in [3.8, 4) is 6.07 Å². The molecule has 0 saturated heterocycles. The summed E-state index contributed by atoms with van der Waals surface area (Å²) >= 11 is 1.76. The largest absolute Gasteiger partial charge is 0.297 e. The van der Waals surface area contributed by atoms with Gasteiger partial charge in [-0.1, -0.05) is 6.07 Å². The third-order valence-electron chi connectivity index (χ3n) is 3.06. The predicted molar refractivity (Wildman–Crippen MR) is 74.4 cm³/mol. The van der Waals surface area contributed by atoms with E-state index in [1.54, 1.807) is 11.8 Å². The second-order valence-corrected chi connectivity index (χ2v) is 6.10. The van der Waals surface area contributed by atoms with Gasteiger partial charge in [0.2, 0.25) is 0 Å². The first-order chi connectivity index (χ1) is 8.72. The Bertz CT molecular complexity index is 411. The summed E-state index contributed by atoms with van der Waals surface area (Å²) in [6, 6.07) is 8.95. The Morgan fingerprint density at radius 1 is 1.56 bits per heavy atom. The first-order valence-electron chi connectivity index (χ1n) is 6.45. The van der Waals surface area contributed by atoms with Gasteiger partial charge < -0.3 is 0 Å². The summed E-state index contributed by atoms with van der Waals surface area (Å²) in [4.78, 5) is 4.27. The van der Waals surface area contributed by atoms with Gasteiger partial charge in [-0.25, -0.2) is 4.98 Å². The summed E-state index contributed by atoms with van der Waals surface area (Å²) in [5.41, 5.74) is -0.355. The molecule has 1 aromatic heterocycles. The van der Waals surface area contributed by atoms with Crippen LogP contribution in [0.15, 0.2) is 29.4 Å². The van der Waals surface area contributed by atoms with Crippen LogP contribution >= 0.6 is 11.8 Å². The van der Waals surface area contributed by atoms with Gasteiger partial charge in [-0.15, -0.1) is 11.8 Å². The highest BCUT2D eigenvalue weighted by Gasteiger charge is 2.31. The van der Waals surface area contributed by atoms with E-state index in [1.165, 1.54) is 12.8 Å². The lowest BCUT2D eigenvalue weighted by molar-refractivity contribution is 0.412. The number of thioether (sulfide) groups is 1. The van der Waals surface area contributed by atoms with Crippen molar-refractivity contribution in [3.05, 3.63) is 24.4 Å². The van der Waals surface area contributed by atoms with Crippen LogP contribution in [0.3, 0.4) is 0 Å². The highest BCUT2D eigenvalue weighted by Crippen LogP contribution is 2.25. The summed E-state index contributed by atoms with van der Waals surface area (Å²) in [5, 5.41) is 13.7. The van der Waals surface area contributed by atoms with E-state index in [1.807, 2.05) is 31.3 Å². The SMILES string of the molecule is CC(C#N)(CCCSc1ccccn1)NC1CC1. The molecule has 1 aromatic rings. The number of hydrogen-bond donors (Lipinski definition) is 1. The zero-order valence-corrected chi connectivity index (χ0v) is 11.5. The molecule has 1 N–H and O–H groups in total. The van der Waals surface area contributed by atoms with Crippen molar-refractivity contribution in [2.45, 2.75) is 49.2 Å². The standard InChI is InChI=1S/C14H19N3S/c1-14(11-15,17-12-6-7-12)8-4-10-18-13-5-2-3-9-16-13/h2-3,5,9,12,17H,4,6-8,10H2,1H3. The van der Waals surface area contributed by atoms with E-state index >= 15 is 0 Å². The van der Waals surface area contributed by atoms with Crippen LogP contribution in [0.1, 0.15) is 32.6 Å². The highest BCUT2D eigenvalue weighted by molar-refractivity contribution is 7.99. The van der Waals surface area contributed by atoms with E-state index in [-0.39, 0.29) is 5.54 Å². The molecule has 4 heteroatoms. The molecule has 18 heavy (non-hydrogen) atoms. The van der Waals surface area contributed by atoms with Gasteiger partial charge in [-0.2, -0.15) is 5.26 Å². The van der Waals surface area contributed by atoms with Gasteiger partial charge in [0.15, 0.2) is 0 Å². The summed E-state index contributed by atoms with van der Waals surface area (Å²) in [5.74, 6) is 1.01. The summed E-state index contributed by atoms with van der Waals surface area (Å²) in [6.45, 7) is 2.01. The quantitative estimate of drug-likeness (QED) is 0.605. The van der Waals surface area contributed by atoms with Gasteiger partial charge in [0.1, 0.15) is 5.54 Å². The molecule has 0 spiro atoms. The number of hydrogen-bond acceptors (Lipinski definition) is 4. The number of aromatic nitrogens is 1. The molecule has 96 valence electrons. The van der Waals surface area contributed by atoms with Gasteiger partial charge in [0.25, 0.3) is 0 Å². The first kappa shape index (κ1) is 13.4. The Labute approximate surface area is 113 Å². The first-order valence-corrected chi connectivity index (χ1v) is 7.43. The fourth-order valence-electron chi connectivity index (χ4n) is 1.87. The Hall–Kier alpha value is -1.05. The van der Waals surface area contributed by atoms with Crippen LogP contribution in [-0.4, -0.2) is 22.3 Å². The van der Waals surface area contributed by atoms with Crippen molar-refractivity contribution in [1.82, 2.24) is 10.3 Å². The number of nitrogens with zero attached hydrogens (tertiary/aromatic N) is 2. The molecular weight excluding hydrogens is 242 g/mol. The average molecular weight is 261 g/mol. The molecular formula is C14H19N3S. The molecule has 1 unspecified atom stereocenters. The zero-order chi connectivity index (χ0) is 12.8. The van der Waals surface area contributed by atoms with Crippen LogP contribution in [0, 0.1) is 11.3 Å². The molecule has 0 amide bonds. The van der Waals surface area contributed by atoms with Crippen molar-refractivity contribution in [3.63, 3.8) is 0 Å². The van der Waals surface area contributed by atoms with Crippen molar-refractivity contribution in [1.29, 1.82) is 5.26 Å². The van der Waals surface area contributed by atoms with E-state index in [4.69, 9.17) is 0 Å². The maximum Gasteiger partial charge on any atom is 0.104 e. The van der Waals surface area contributed by atoms with Gasteiger partial charge in [0, 0.05) is 12.2 Å². The van der Waals surface area contributed by atoms with E-state index < -0.39 is 0 Å². The number of rotatable bonds is 7. The number of nitrogens with one attached hydrogen (secondary N) is 1. The number of nitriles is 1. The molecule has 0 aliphatic heterocycles. The Morgan fingerprint density at radius 2 is 2.39 bits per heavy atom. The van der Waals surface area contributed by atoms with E-state index in [0.717, 1.165) is 23.6 Å². The van der Waals surface area contributed by atoms with Gasteiger partial charge in [-0.05, 0) is 50.5 Å². The molecule has 0 radical (unpaired) electrons. The molecule has 2 rings (SSSR count). The van der Waals surface area contributed by atoms with Crippen molar-refractivity contribution < 1.29 is 0 Å². The fraction of sp³-hybridized carbons (Fsp3) is 0.571. The van der Waals surface area contributed by atoms with E-state index in [2.05, 4.69) is 16.4 Å². The normalized spacial score (nSPS) is 18.0. The van der Waals surface area contributed by atoms with Crippen LogP contribution < -0.4 is 5.32 Å². The molecule has 1 fully saturated rings. The van der Waals surface area contributed by atoms with Crippen molar-refractivity contribution in [2.24, 2.45) is 0 Å². The minimum Gasteiger partial charge on any atom is -0.297 e. The van der Waals surface area contributed by atoms with Gasteiger partial charge in [-0.3, -0.25) is 5.32 Å². The smallest absolute Gasteiger partial charge is 0.104 e. The van der Waals surface area contributed by atoms with Crippen molar-refractivity contribution >= 4 is 11.8 Å². The molecule has 1 atom stereocenters. The molecule has 1 heterocycles. The lowest BCUT2D eigenvalue weighted by Crippen LogP contribution is -2.42. The van der Waals surface area contributed by atoms with Gasteiger partial charge in [0.05, 0.1) is 11.1 Å². The molecule has 0 bridgehead atoms. The summed E-state index contributed by atoms with van der Waals surface area (Å²) in [7, 11) is 0. The Kier molecular flexibility index (Phi) is 4.62. The molecule has 1 saturated carbocycles. The third kappa shape index (κ3) is 4.32. The van der Waals surface area contributed by atoms with Crippen LogP contribution in [0.2, 0.25) is 0 Å². The fourth-order valence-corrected chi connectivity index (χ4v) is 2.68.